The molecule has 7 nitrogen and oxygen atoms in total. The predicted molar refractivity (Wildman–Crippen MR) is 86.2 cm³/mol. The first-order chi connectivity index (χ1) is 10.5. The third kappa shape index (κ3) is 2.88. The summed E-state index contributed by atoms with van der Waals surface area (Å²) in [5.74, 6) is -0.955. The number of benzene rings is 1. The van der Waals surface area contributed by atoms with Gasteiger partial charge in [-0.05, 0) is 24.6 Å². The van der Waals surface area contributed by atoms with Gasteiger partial charge in [-0.25, -0.2) is 9.36 Å². The molecular weight excluding hydrogens is 282 g/mol. The topological polar surface area (TPSA) is 120 Å². The van der Waals surface area contributed by atoms with E-state index in [-0.39, 0.29) is 17.2 Å². The number of hydrogen-bond donors (Lipinski definition) is 3. The van der Waals surface area contributed by atoms with E-state index in [0.717, 1.165) is 30.3 Å². The molecule has 0 fully saturated rings. The molecule has 1 amide bonds. The Balaban J connectivity index is 2.52. The number of nitrogens with one attached hydrogen (secondary N) is 1. The fourth-order valence-electron chi connectivity index (χ4n) is 2.56. The fraction of sp³-hybridized carbons (Fsp3) is 0.400. The lowest BCUT2D eigenvalue weighted by atomic mass is 10.2. The van der Waals surface area contributed by atoms with Crippen molar-refractivity contribution >= 4 is 22.9 Å². The van der Waals surface area contributed by atoms with Gasteiger partial charge >= 0.3 is 5.69 Å². The number of imidazole rings is 1. The van der Waals surface area contributed by atoms with Crippen LogP contribution in [-0.4, -0.2) is 21.0 Å². The number of carbonyl (C=O) groups excluding carboxylic acids is 1. The van der Waals surface area contributed by atoms with Crippen LogP contribution in [0.2, 0.25) is 0 Å². The van der Waals surface area contributed by atoms with Crippen molar-refractivity contribution in [1.82, 2.24) is 9.13 Å². The normalized spacial score (nSPS) is 11.0. The van der Waals surface area contributed by atoms with E-state index in [4.69, 9.17) is 16.9 Å². The van der Waals surface area contributed by atoms with Gasteiger partial charge < -0.3 is 11.5 Å². The number of nitrogen functional groups attached to an aromatic ring is 1. The van der Waals surface area contributed by atoms with Crippen molar-refractivity contribution in [3.63, 3.8) is 0 Å². The molecule has 118 valence electrons. The van der Waals surface area contributed by atoms with E-state index in [1.807, 2.05) is 0 Å². The van der Waals surface area contributed by atoms with E-state index in [9.17, 15) is 9.59 Å². The Morgan fingerprint density at radius 2 is 1.91 bits per heavy atom. The molecule has 1 aromatic heterocycles. The summed E-state index contributed by atoms with van der Waals surface area (Å²) < 4.78 is 2.69. The van der Waals surface area contributed by atoms with Crippen LogP contribution >= 0.6 is 0 Å². The Kier molecular flexibility index (Phi) is 4.65. The third-order valence-corrected chi connectivity index (χ3v) is 3.69. The summed E-state index contributed by atoms with van der Waals surface area (Å²) in [4.78, 5) is 23.8. The van der Waals surface area contributed by atoms with Gasteiger partial charge in [-0.2, -0.15) is 0 Å². The maximum atomic E-state index is 12.5. The van der Waals surface area contributed by atoms with Gasteiger partial charge in [-0.3, -0.25) is 14.8 Å². The van der Waals surface area contributed by atoms with E-state index < -0.39 is 5.91 Å². The van der Waals surface area contributed by atoms with Crippen LogP contribution in [0, 0.1) is 5.41 Å². The van der Waals surface area contributed by atoms with Gasteiger partial charge in [-0.1, -0.05) is 26.2 Å². The molecule has 0 radical (unpaired) electrons. The van der Waals surface area contributed by atoms with Crippen LogP contribution in [0.15, 0.2) is 23.0 Å². The first-order valence-corrected chi connectivity index (χ1v) is 7.37. The van der Waals surface area contributed by atoms with Gasteiger partial charge in [0.05, 0.1) is 11.0 Å². The van der Waals surface area contributed by atoms with Crippen LogP contribution in [0.1, 0.15) is 43.0 Å². The molecular formula is C15H21N5O2. The van der Waals surface area contributed by atoms with Gasteiger partial charge in [0.2, 0.25) is 11.9 Å². The summed E-state index contributed by atoms with van der Waals surface area (Å²) in [6, 6.07) is 4.76. The largest absolute Gasteiger partial charge is 0.369 e. The molecule has 0 atom stereocenters. The summed E-state index contributed by atoms with van der Waals surface area (Å²) in [6.45, 7) is 2.69. The zero-order valence-electron chi connectivity index (χ0n) is 12.6. The molecule has 0 spiro atoms. The van der Waals surface area contributed by atoms with Crippen molar-refractivity contribution in [2.45, 2.75) is 39.2 Å². The van der Waals surface area contributed by atoms with Gasteiger partial charge in [0, 0.05) is 12.1 Å². The van der Waals surface area contributed by atoms with Crippen molar-refractivity contribution in [2.24, 2.45) is 11.5 Å². The van der Waals surface area contributed by atoms with Gasteiger partial charge in [0.1, 0.15) is 0 Å². The number of fused-ring (bicyclic) bond motifs is 1. The molecule has 0 saturated heterocycles. The molecule has 2 aromatic rings. The monoisotopic (exact) mass is 303 g/mol. The van der Waals surface area contributed by atoms with Crippen molar-refractivity contribution in [2.75, 3.05) is 0 Å². The summed E-state index contributed by atoms with van der Waals surface area (Å²) in [5.41, 5.74) is 11.8. The van der Waals surface area contributed by atoms with E-state index in [1.54, 1.807) is 16.7 Å². The number of carbonyl (C=O) groups is 1. The molecule has 0 unspecified atom stereocenters. The molecule has 0 aliphatic rings. The number of aromatic nitrogens is 2. The number of hydrogen-bond acceptors (Lipinski definition) is 3. The van der Waals surface area contributed by atoms with E-state index in [0.29, 0.717) is 17.6 Å². The lowest BCUT2D eigenvalue weighted by molar-refractivity contribution is 0.100. The van der Waals surface area contributed by atoms with Crippen LogP contribution in [0.3, 0.4) is 0 Å². The number of unbranched alkanes of at least 4 members (excludes halogenated alkanes) is 3. The molecule has 7 heteroatoms. The number of rotatable bonds is 6. The Morgan fingerprint density at radius 3 is 2.50 bits per heavy atom. The van der Waals surface area contributed by atoms with Crippen LogP contribution in [-0.2, 0) is 6.54 Å². The number of nitrogens with two attached hydrogens (primary N) is 2. The maximum absolute atomic E-state index is 12.5. The number of aryl methyl sites for hydroxylation is 1. The molecule has 1 aromatic carbocycles. The van der Waals surface area contributed by atoms with Gasteiger partial charge in [0.25, 0.3) is 0 Å². The molecule has 2 rings (SSSR count). The summed E-state index contributed by atoms with van der Waals surface area (Å²) in [6.07, 6.45) is 4.15. The second-order valence-electron chi connectivity index (χ2n) is 5.28. The molecule has 22 heavy (non-hydrogen) atoms. The number of primary amides is 1. The smallest absolute Gasteiger partial charge is 0.336 e. The number of nitrogens with zero attached hydrogens (tertiary/aromatic N) is 2. The Morgan fingerprint density at radius 1 is 1.18 bits per heavy atom. The van der Waals surface area contributed by atoms with Crippen molar-refractivity contribution < 1.29 is 4.79 Å². The van der Waals surface area contributed by atoms with Crippen LogP contribution in [0.25, 0.3) is 11.0 Å². The van der Waals surface area contributed by atoms with Crippen molar-refractivity contribution in [3.05, 3.63) is 34.2 Å². The summed E-state index contributed by atoms with van der Waals surface area (Å²) >= 11 is 0. The molecule has 0 saturated carbocycles. The molecule has 0 bridgehead atoms. The van der Waals surface area contributed by atoms with E-state index >= 15 is 0 Å². The molecule has 0 aliphatic carbocycles. The second kappa shape index (κ2) is 6.46. The van der Waals surface area contributed by atoms with Crippen molar-refractivity contribution in [3.8, 4) is 0 Å². The van der Waals surface area contributed by atoms with Gasteiger partial charge in [-0.15, -0.1) is 0 Å². The lowest BCUT2D eigenvalue weighted by Gasteiger charge is -2.03. The highest BCUT2D eigenvalue weighted by molar-refractivity contribution is 5.98. The van der Waals surface area contributed by atoms with Crippen molar-refractivity contribution in [1.29, 1.82) is 5.41 Å². The molecule has 0 aliphatic heterocycles. The minimum Gasteiger partial charge on any atom is -0.369 e. The minimum absolute atomic E-state index is 0.283. The average Bonchev–Trinajstić information content (AvgIpc) is 2.74. The highest BCUT2D eigenvalue weighted by atomic mass is 16.2. The number of amides is 1. The maximum Gasteiger partial charge on any atom is 0.336 e. The standard InChI is InChI=1S/C15H21N5O2/c1-2-3-4-5-8-19-11-7-6-10(13(16)21)9-12(11)20(14(17)18)15(19)22/h6-7,9H,2-5,8H2,1H3,(H2,16,21)(H3,17,18). The molecule has 1 heterocycles. The Labute approximate surface area is 128 Å². The first-order valence-electron chi connectivity index (χ1n) is 7.37. The zero-order valence-corrected chi connectivity index (χ0v) is 12.6. The van der Waals surface area contributed by atoms with E-state index in [1.165, 1.54) is 6.07 Å². The molecule has 5 N–H and O–H groups in total. The lowest BCUT2D eigenvalue weighted by Crippen LogP contribution is -2.33. The SMILES string of the molecule is CCCCCCn1c(=O)n(C(=N)N)c2cc(C(N)=O)ccc21. The van der Waals surface area contributed by atoms with Crippen LogP contribution in [0.5, 0.6) is 0 Å². The predicted octanol–water partition coefficient (Wildman–Crippen LogP) is 1.22. The average molecular weight is 303 g/mol. The minimum atomic E-state index is -0.583. The Hall–Kier alpha value is -2.57. The quantitative estimate of drug-likeness (QED) is 0.423. The highest BCUT2D eigenvalue weighted by Crippen LogP contribution is 2.16. The summed E-state index contributed by atoms with van der Waals surface area (Å²) in [7, 11) is 0. The summed E-state index contributed by atoms with van der Waals surface area (Å²) in [5, 5.41) is 7.60. The van der Waals surface area contributed by atoms with E-state index in [2.05, 4.69) is 6.92 Å². The highest BCUT2D eigenvalue weighted by Gasteiger charge is 2.16. The zero-order chi connectivity index (χ0) is 16.3. The fourth-order valence-corrected chi connectivity index (χ4v) is 2.56. The van der Waals surface area contributed by atoms with Crippen LogP contribution in [0.4, 0.5) is 0 Å². The first kappa shape index (κ1) is 15.8. The third-order valence-electron chi connectivity index (χ3n) is 3.69. The second-order valence-corrected chi connectivity index (χ2v) is 5.28. The van der Waals surface area contributed by atoms with Gasteiger partial charge in [0.15, 0.2) is 0 Å². The Bertz CT molecular complexity index is 772. The van der Waals surface area contributed by atoms with Crippen LogP contribution < -0.4 is 17.2 Å².